The Hall–Kier alpha value is -0.350. The minimum absolute atomic E-state index is 0.395. The third-order valence-electron chi connectivity index (χ3n) is 2.10. The molecule has 70 valence electrons. The topological polar surface area (TPSA) is 25.5 Å². The van der Waals surface area contributed by atoms with E-state index in [0.29, 0.717) is 4.58 Å². The molecule has 0 bridgehead atoms. The molecule has 1 aliphatic rings. The van der Waals surface area contributed by atoms with Crippen molar-refractivity contribution < 1.29 is 4.42 Å². The van der Waals surface area contributed by atoms with Gasteiger partial charge in [-0.2, -0.15) is 0 Å². The van der Waals surface area contributed by atoms with Gasteiger partial charge in [-0.05, 0) is 25.0 Å². The van der Waals surface area contributed by atoms with E-state index in [4.69, 9.17) is 4.42 Å². The van der Waals surface area contributed by atoms with Crippen LogP contribution in [0.4, 0.5) is 0 Å². The first kappa shape index (κ1) is 9.21. The molecule has 4 heteroatoms. The normalized spacial score (nSPS) is 22.2. The Morgan fingerprint density at radius 2 is 2.38 bits per heavy atom. The van der Waals surface area contributed by atoms with Crippen LogP contribution in [0.25, 0.3) is 0 Å². The Bertz CT molecular complexity index is 332. The van der Waals surface area contributed by atoms with Crippen molar-refractivity contribution in [1.29, 1.82) is 0 Å². The first-order valence-electron chi connectivity index (χ1n) is 4.09. The highest BCUT2D eigenvalue weighted by Gasteiger charge is 2.20. The van der Waals surface area contributed by atoms with Crippen molar-refractivity contribution in [2.45, 2.75) is 18.4 Å². The quantitative estimate of drug-likeness (QED) is 0.715. The molecule has 0 aromatic carbocycles. The molecule has 0 aliphatic carbocycles. The molecule has 1 aromatic heterocycles. The number of furan rings is 1. The van der Waals surface area contributed by atoms with E-state index in [1.165, 1.54) is 11.1 Å². The summed E-state index contributed by atoms with van der Waals surface area (Å²) < 4.78 is 5.93. The Kier molecular flexibility index (Phi) is 2.69. The van der Waals surface area contributed by atoms with Crippen molar-refractivity contribution in [3.8, 4) is 0 Å². The SMILES string of the molecule is Cc1coc(C2SC=NCS2)c1C. The lowest BCUT2D eigenvalue weighted by atomic mass is 10.2. The van der Waals surface area contributed by atoms with Gasteiger partial charge in [0, 0.05) is 0 Å². The molecule has 0 fully saturated rings. The molecular weight excluding hydrogens is 202 g/mol. The van der Waals surface area contributed by atoms with Gasteiger partial charge in [0.2, 0.25) is 0 Å². The summed E-state index contributed by atoms with van der Waals surface area (Å²) in [6.45, 7) is 4.19. The monoisotopic (exact) mass is 213 g/mol. The molecule has 0 amide bonds. The van der Waals surface area contributed by atoms with Crippen LogP contribution >= 0.6 is 23.5 Å². The van der Waals surface area contributed by atoms with Gasteiger partial charge in [0.15, 0.2) is 0 Å². The van der Waals surface area contributed by atoms with Crippen LogP contribution in [-0.4, -0.2) is 11.4 Å². The maximum absolute atomic E-state index is 5.53. The van der Waals surface area contributed by atoms with Crippen LogP contribution in [0.2, 0.25) is 0 Å². The highest BCUT2D eigenvalue weighted by atomic mass is 32.2. The standard InChI is InChI=1S/C9H11NOS2/c1-6-3-11-8(7(6)2)9-12-4-10-5-13-9/h3-4,9H,5H2,1-2H3. The van der Waals surface area contributed by atoms with E-state index in [2.05, 4.69) is 18.8 Å². The van der Waals surface area contributed by atoms with Gasteiger partial charge >= 0.3 is 0 Å². The Balaban J connectivity index is 2.24. The zero-order chi connectivity index (χ0) is 9.26. The summed E-state index contributed by atoms with van der Waals surface area (Å²) >= 11 is 3.54. The summed E-state index contributed by atoms with van der Waals surface area (Å²) in [6.07, 6.45) is 1.83. The van der Waals surface area contributed by atoms with E-state index in [9.17, 15) is 0 Å². The molecule has 0 radical (unpaired) electrons. The van der Waals surface area contributed by atoms with Crippen LogP contribution < -0.4 is 0 Å². The number of thioether (sulfide) groups is 2. The lowest BCUT2D eigenvalue weighted by molar-refractivity contribution is 0.525. The van der Waals surface area contributed by atoms with E-state index in [1.54, 1.807) is 11.8 Å². The predicted octanol–water partition coefficient (Wildman–Crippen LogP) is 3.36. The summed E-state index contributed by atoms with van der Waals surface area (Å²) in [7, 11) is 0. The second-order valence-electron chi connectivity index (χ2n) is 2.96. The summed E-state index contributed by atoms with van der Waals surface area (Å²) in [5.74, 6) is 1.94. The lowest BCUT2D eigenvalue weighted by Crippen LogP contribution is -1.95. The highest BCUT2D eigenvalue weighted by Crippen LogP contribution is 2.42. The Morgan fingerprint density at radius 3 is 2.92 bits per heavy atom. The van der Waals surface area contributed by atoms with Crippen LogP contribution in [0.15, 0.2) is 15.7 Å². The molecule has 1 aliphatic heterocycles. The van der Waals surface area contributed by atoms with Gasteiger partial charge in [-0.1, -0.05) is 11.8 Å². The van der Waals surface area contributed by atoms with Crippen molar-refractivity contribution in [2.75, 3.05) is 5.88 Å². The molecule has 1 atom stereocenters. The molecule has 0 spiro atoms. The van der Waals surface area contributed by atoms with E-state index in [-0.39, 0.29) is 0 Å². The molecule has 13 heavy (non-hydrogen) atoms. The molecule has 0 saturated carbocycles. The first-order valence-corrected chi connectivity index (χ1v) is 6.08. The molecule has 1 aromatic rings. The summed E-state index contributed by atoms with van der Waals surface area (Å²) in [5.41, 5.74) is 4.43. The van der Waals surface area contributed by atoms with Gasteiger partial charge in [-0.3, -0.25) is 4.99 Å². The van der Waals surface area contributed by atoms with Crippen LogP contribution in [0.3, 0.4) is 0 Å². The summed E-state index contributed by atoms with van der Waals surface area (Å²) in [5, 5.41) is 0. The third-order valence-corrected chi connectivity index (χ3v) is 4.39. The van der Waals surface area contributed by atoms with Crippen LogP contribution in [0.1, 0.15) is 21.5 Å². The van der Waals surface area contributed by atoms with Crippen LogP contribution in [0.5, 0.6) is 0 Å². The average molecular weight is 213 g/mol. The minimum Gasteiger partial charge on any atom is -0.467 e. The molecule has 2 nitrogen and oxygen atoms in total. The number of aliphatic imine (C=N–C) groups is 1. The largest absolute Gasteiger partial charge is 0.467 e. The van der Waals surface area contributed by atoms with Crippen molar-refractivity contribution in [2.24, 2.45) is 4.99 Å². The second-order valence-corrected chi connectivity index (χ2v) is 5.28. The zero-order valence-electron chi connectivity index (χ0n) is 7.61. The van der Waals surface area contributed by atoms with Crippen molar-refractivity contribution in [3.63, 3.8) is 0 Å². The number of aryl methyl sites for hydroxylation is 1. The minimum atomic E-state index is 0.395. The van der Waals surface area contributed by atoms with E-state index in [0.717, 1.165) is 11.6 Å². The Morgan fingerprint density at radius 1 is 1.54 bits per heavy atom. The number of rotatable bonds is 1. The van der Waals surface area contributed by atoms with Crippen molar-refractivity contribution >= 4 is 29.1 Å². The van der Waals surface area contributed by atoms with Crippen LogP contribution in [0, 0.1) is 13.8 Å². The van der Waals surface area contributed by atoms with Gasteiger partial charge in [-0.25, -0.2) is 0 Å². The number of nitrogens with zero attached hydrogens (tertiary/aromatic N) is 1. The molecule has 1 unspecified atom stereocenters. The van der Waals surface area contributed by atoms with Gasteiger partial charge in [0.05, 0.1) is 17.7 Å². The molecule has 0 N–H and O–H groups in total. The summed E-state index contributed by atoms with van der Waals surface area (Å²) in [4.78, 5) is 4.15. The van der Waals surface area contributed by atoms with Crippen molar-refractivity contribution in [3.05, 3.63) is 23.2 Å². The van der Waals surface area contributed by atoms with Gasteiger partial charge in [0.25, 0.3) is 0 Å². The van der Waals surface area contributed by atoms with Gasteiger partial charge in [0.1, 0.15) is 10.3 Å². The Labute approximate surface area is 86.2 Å². The molecule has 0 saturated heterocycles. The highest BCUT2D eigenvalue weighted by molar-refractivity contribution is 8.23. The maximum atomic E-state index is 5.53. The van der Waals surface area contributed by atoms with Crippen LogP contribution in [-0.2, 0) is 0 Å². The van der Waals surface area contributed by atoms with E-state index < -0.39 is 0 Å². The molecule has 2 rings (SSSR count). The molecule has 2 heterocycles. The molecular formula is C9H11NOS2. The second kappa shape index (κ2) is 3.80. The first-order chi connectivity index (χ1) is 6.29. The van der Waals surface area contributed by atoms with Crippen molar-refractivity contribution in [1.82, 2.24) is 0 Å². The number of hydrogen-bond donors (Lipinski definition) is 0. The lowest BCUT2D eigenvalue weighted by Gasteiger charge is -2.14. The van der Waals surface area contributed by atoms with E-state index in [1.807, 2.05) is 23.6 Å². The third kappa shape index (κ3) is 1.79. The maximum Gasteiger partial charge on any atom is 0.130 e. The van der Waals surface area contributed by atoms with Gasteiger partial charge in [-0.15, -0.1) is 11.8 Å². The van der Waals surface area contributed by atoms with E-state index >= 15 is 0 Å². The average Bonchev–Trinajstić information content (AvgIpc) is 2.49. The van der Waals surface area contributed by atoms with Gasteiger partial charge < -0.3 is 4.42 Å². The zero-order valence-corrected chi connectivity index (χ0v) is 9.24. The predicted molar refractivity (Wildman–Crippen MR) is 59.5 cm³/mol. The summed E-state index contributed by atoms with van der Waals surface area (Å²) in [6, 6.07) is 0. The fraction of sp³-hybridized carbons (Fsp3) is 0.444. The fourth-order valence-electron chi connectivity index (χ4n) is 1.17. The number of hydrogen-bond acceptors (Lipinski definition) is 4. The fourth-order valence-corrected chi connectivity index (χ4v) is 3.22. The smallest absolute Gasteiger partial charge is 0.130 e.